The molecule has 2 aromatic carbocycles. The van der Waals surface area contributed by atoms with E-state index in [1.807, 2.05) is 11.0 Å². The average Bonchev–Trinajstić information content (AvgIpc) is 3.09. The molecule has 2 aliphatic heterocycles. The molecule has 0 saturated carbocycles. The fraction of sp³-hybridized carbons (Fsp3) is 0.350. The Bertz CT molecular complexity index is 741. The molecule has 1 fully saturated rings. The first kappa shape index (κ1) is 15.1. The van der Waals surface area contributed by atoms with Crippen molar-refractivity contribution in [2.75, 3.05) is 22.9 Å². The van der Waals surface area contributed by atoms with Crippen LogP contribution in [0.2, 0.25) is 0 Å². The van der Waals surface area contributed by atoms with E-state index >= 15 is 0 Å². The standard InChI is InChI=1S/C20H23N3O/c1-15-8-10-16(11-9-15)13-21-20(24)23-14-17-5-4-12-22(17)18-6-2-3-7-19(18)23/h2-3,6-11,17H,4-5,12-14H2,1H3,(H,21,24)/t17-/m0/s1. The Hall–Kier alpha value is -2.49. The molecule has 1 saturated heterocycles. The van der Waals surface area contributed by atoms with Crippen molar-refractivity contribution in [3.05, 3.63) is 59.7 Å². The Kier molecular flexibility index (Phi) is 3.89. The van der Waals surface area contributed by atoms with E-state index in [4.69, 9.17) is 0 Å². The Labute approximate surface area is 143 Å². The maximum absolute atomic E-state index is 12.8. The van der Waals surface area contributed by atoms with E-state index in [-0.39, 0.29) is 6.03 Å². The molecule has 4 nitrogen and oxygen atoms in total. The number of carbonyl (C=O) groups excluding carboxylic acids is 1. The third kappa shape index (κ3) is 2.73. The number of para-hydroxylation sites is 2. The van der Waals surface area contributed by atoms with E-state index in [0.29, 0.717) is 12.6 Å². The first-order chi connectivity index (χ1) is 11.7. The zero-order valence-corrected chi connectivity index (χ0v) is 14.0. The summed E-state index contributed by atoms with van der Waals surface area (Å²) in [5.74, 6) is 0. The van der Waals surface area contributed by atoms with Crippen molar-refractivity contribution in [3.63, 3.8) is 0 Å². The van der Waals surface area contributed by atoms with Crippen molar-refractivity contribution < 1.29 is 4.79 Å². The van der Waals surface area contributed by atoms with Crippen LogP contribution in [0.5, 0.6) is 0 Å². The molecule has 0 spiro atoms. The number of fused-ring (bicyclic) bond motifs is 3. The fourth-order valence-electron chi connectivity index (χ4n) is 3.76. The van der Waals surface area contributed by atoms with Gasteiger partial charge < -0.3 is 10.2 Å². The number of rotatable bonds is 2. The summed E-state index contributed by atoms with van der Waals surface area (Å²) in [7, 11) is 0. The Morgan fingerprint density at radius 1 is 1.12 bits per heavy atom. The van der Waals surface area contributed by atoms with E-state index in [0.717, 1.165) is 30.8 Å². The lowest BCUT2D eigenvalue weighted by atomic mass is 10.1. The number of hydrogen-bond acceptors (Lipinski definition) is 2. The van der Waals surface area contributed by atoms with Gasteiger partial charge in [-0.3, -0.25) is 4.90 Å². The number of amides is 2. The van der Waals surface area contributed by atoms with Gasteiger partial charge in [0.25, 0.3) is 0 Å². The molecule has 24 heavy (non-hydrogen) atoms. The SMILES string of the molecule is Cc1ccc(CNC(=O)N2C[C@@H]3CCCN3c3ccccc32)cc1. The van der Waals surface area contributed by atoms with Crippen LogP contribution in [0.15, 0.2) is 48.5 Å². The van der Waals surface area contributed by atoms with Crippen LogP contribution in [0.25, 0.3) is 0 Å². The summed E-state index contributed by atoms with van der Waals surface area (Å²) in [6.07, 6.45) is 2.37. The fourth-order valence-corrected chi connectivity index (χ4v) is 3.76. The Balaban J connectivity index is 1.51. The molecule has 1 atom stereocenters. The van der Waals surface area contributed by atoms with Gasteiger partial charge in [0, 0.05) is 25.7 Å². The lowest BCUT2D eigenvalue weighted by Crippen LogP contribution is -2.51. The number of hydrogen-bond donors (Lipinski definition) is 1. The summed E-state index contributed by atoms with van der Waals surface area (Å²) in [6, 6.07) is 17.0. The second-order valence-electron chi connectivity index (χ2n) is 6.73. The number of aryl methyl sites for hydroxylation is 1. The highest BCUT2D eigenvalue weighted by Crippen LogP contribution is 2.39. The van der Waals surface area contributed by atoms with Crippen molar-refractivity contribution >= 4 is 17.4 Å². The minimum absolute atomic E-state index is 0.00502. The van der Waals surface area contributed by atoms with Gasteiger partial charge in [-0.1, -0.05) is 42.0 Å². The van der Waals surface area contributed by atoms with Crippen molar-refractivity contribution in [3.8, 4) is 0 Å². The van der Waals surface area contributed by atoms with Gasteiger partial charge in [-0.15, -0.1) is 0 Å². The van der Waals surface area contributed by atoms with E-state index < -0.39 is 0 Å². The third-order valence-electron chi connectivity index (χ3n) is 5.06. The summed E-state index contributed by atoms with van der Waals surface area (Å²) in [6.45, 7) is 4.50. The number of nitrogens with zero attached hydrogens (tertiary/aromatic N) is 2. The highest BCUT2D eigenvalue weighted by Gasteiger charge is 2.35. The van der Waals surface area contributed by atoms with Crippen molar-refractivity contribution in [1.82, 2.24) is 5.32 Å². The molecule has 1 N–H and O–H groups in total. The maximum Gasteiger partial charge on any atom is 0.322 e. The van der Waals surface area contributed by atoms with Crippen LogP contribution in [0.4, 0.5) is 16.2 Å². The van der Waals surface area contributed by atoms with Gasteiger partial charge in [0.1, 0.15) is 0 Å². The number of nitrogens with one attached hydrogen (secondary N) is 1. The van der Waals surface area contributed by atoms with Crippen molar-refractivity contribution in [1.29, 1.82) is 0 Å². The van der Waals surface area contributed by atoms with Gasteiger partial charge in [-0.05, 0) is 37.5 Å². The lowest BCUT2D eigenvalue weighted by molar-refractivity contribution is 0.245. The van der Waals surface area contributed by atoms with Crippen molar-refractivity contribution in [2.24, 2.45) is 0 Å². The molecule has 0 radical (unpaired) electrons. The number of anilines is 2. The van der Waals surface area contributed by atoms with Gasteiger partial charge in [0.2, 0.25) is 0 Å². The molecule has 124 valence electrons. The summed E-state index contributed by atoms with van der Waals surface area (Å²) in [5, 5.41) is 3.08. The molecule has 2 amide bonds. The maximum atomic E-state index is 12.8. The normalized spacial score (nSPS) is 19.0. The quantitative estimate of drug-likeness (QED) is 0.915. The summed E-state index contributed by atoms with van der Waals surface area (Å²) in [5.41, 5.74) is 4.58. The summed E-state index contributed by atoms with van der Waals surface area (Å²) in [4.78, 5) is 17.2. The van der Waals surface area contributed by atoms with Gasteiger partial charge >= 0.3 is 6.03 Å². The second-order valence-corrected chi connectivity index (χ2v) is 6.73. The third-order valence-corrected chi connectivity index (χ3v) is 5.06. The molecule has 0 aliphatic carbocycles. The zero-order chi connectivity index (χ0) is 16.5. The van der Waals surface area contributed by atoms with E-state index in [2.05, 4.69) is 59.6 Å². The van der Waals surface area contributed by atoms with Crippen LogP contribution >= 0.6 is 0 Å². The number of carbonyl (C=O) groups is 1. The van der Waals surface area contributed by atoms with Crippen LogP contribution in [0.1, 0.15) is 24.0 Å². The highest BCUT2D eigenvalue weighted by molar-refractivity contribution is 5.97. The predicted molar refractivity (Wildman–Crippen MR) is 97.6 cm³/mol. The summed E-state index contributed by atoms with van der Waals surface area (Å²) < 4.78 is 0. The first-order valence-electron chi connectivity index (χ1n) is 8.69. The summed E-state index contributed by atoms with van der Waals surface area (Å²) >= 11 is 0. The Morgan fingerprint density at radius 2 is 1.88 bits per heavy atom. The van der Waals surface area contributed by atoms with Crippen LogP contribution in [0.3, 0.4) is 0 Å². The van der Waals surface area contributed by atoms with E-state index in [1.54, 1.807) is 0 Å². The second kappa shape index (κ2) is 6.19. The molecular weight excluding hydrogens is 298 g/mol. The molecule has 2 aromatic rings. The average molecular weight is 321 g/mol. The van der Waals surface area contributed by atoms with Crippen LogP contribution in [0, 0.1) is 6.92 Å². The van der Waals surface area contributed by atoms with Crippen LogP contribution in [-0.4, -0.2) is 25.2 Å². The minimum atomic E-state index is -0.00502. The van der Waals surface area contributed by atoms with Gasteiger partial charge in [-0.2, -0.15) is 0 Å². The largest absolute Gasteiger partial charge is 0.365 e. The smallest absolute Gasteiger partial charge is 0.322 e. The molecule has 2 aliphatic rings. The van der Waals surface area contributed by atoms with Crippen LogP contribution < -0.4 is 15.1 Å². The molecule has 4 heteroatoms. The van der Waals surface area contributed by atoms with E-state index in [9.17, 15) is 4.79 Å². The minimum Gasteiger partial charge on any atom is -0.365 e. The molecule has 0 bridgehead atoms. The van der Waals surface area contributed by atoms with Crippen molar-refractivity contribution in [2.45, 2.75) is 32.4 Å². The predicted octanol–water partition coefficient (Wildman–Crippen LogP) is 3.69. The molecule has 0 unspecified atom stereocenters. The lowest BCUT2D eigenvalue weighted by Gasteiger charge is -2.40. The number of benzene rings is 2. The topological polar surface area (TPSA) is 35.6 Å². The zero-order valence-electron chi connectivity index (χ0n) is 14.0. The highest BCUT2D eigenvalue weighted by atomic mass is 16.2. The van der Waals surface area contributed by atoms with Crippen LogP contribution in [-0.2, 0) is 6.54 Å². The number of urea groups is 1. The Morgan fingerprint density at radius 3 is 2.67 bits per heavy atom. The first-order valence-corrected chi connectivity index (χ1v) is 8.69. The van der Waals surface area contributed by atoms with Gasteiger partial charge in [0.15, 0.2) is 0 Å². The monoisotopic (exact) mass is 321 g/mol. The molecular formula is C20H23N3O. The molecule has 4 rings (SSSR count). The van der Waals surface area contributed by atoms with Gasteiger partial charge in [-0.25, -0.2) is 4.79 Å². The van der Waals surface area contributed by atoms with E-state index in [1.165, 1.54) is 17.7 Å². The molecule has 2 heterocycles. The molecule has 0 aromatic heterocycles. The van der Waals surface area contributed by atoms with Gasteiger partial charge in [0.05, 0.1) is 11.4 Å².